The van der Waals surface area contributed by atoms with Crippen LogP contribution < -0.4 is 5.32 Å². The van der Waals surface area contributed by atoms with Crippen molar-refractivity contribution < 1.29 is 4.79 Å². The van der Waals surface area contributed by atoms with Gasteiger partial charge in [-0.3, -0.25) is 4.79 Å². The normalized spacial score (nSPS) is 22.3. The van der Waals surface area contributed by atoms with Crippen molar-refractivity contribution in [3.63, 3.8) is 0 Å². The summed E-state index contributed by atoms with van der Waals surface area (Å²) in [5, 5.41) is 3.08. The maximum atomic E-state index is 11.4. The van der Waals surface area contributed by atoms with E-state index in [9.17, 15) is 4.79 Å². The van der Waals surface area contributed by atoms with Crippen LogP contribution in [0.1, 0.15) is 24.0 Å². The van der Waals surface area contributed by atoms with Crippen molar-refractivity contribution in [2.24, 2.45) is 0 Å². The molecule has 1 spiro atoms. The zero-order chi connectivity index (χ0) is 8.89. The van der Waals surface area contributed by atoms with Crippen LogP contribution in [0.3, 0.4) is 0 Å². The van der Waals surface area contributed by atoms with Gasteiger partial charge in [0.1, 0.15) is 0 Å². The summed E-state index contributed by atoms with van der Waals surface area (Å²) >= 11 is 0. The van der Waals surface area contributed by atoms with Gasteiger partial charge >= 0.3 is 0 Å². The van der Waals surface area contributed by atoms with E-state index >= 15 is 0 Å². The first kappa shape index (κ1) is 7.13. The van der Waals surface area contributed by atoms with Crippen molar-refractivity contribution in [3.05, 3.63) is 35.4 Å². The molecule has 3 rings (SSSR count). The SMILES string of the molecule is O=C1Cc2ccccc2C2(CC2)N1. The summed E-state index contributed by atoms with van der Waals surface area (Å²) in [4.78, 5) is 11.4. The first-order valence-electron chi connectivity index (χ1n) is 4.70. The molecule has 1 aromatic rings. The van der Waals surface area contributed by atoms with Gasteiger partial charge in [-0.05, 0) is 24.0 Å². The molecule has 0 radical (unpaired) electrons. The molecule has 0 bridgehead atoms. The Bertz CT molecular complexity index is 379. The lowest BCUT2D eigenvalue weighted by molar-refractivity contribution is -0.122. The summed E-state index contributed by atoms with van der Waals surface area (Å²) in [6.07, 6.45) is 2.77. The number of fused-ring (bicyclic) bond motifs is 2. The molecule has 1 aliphatic carbocycles. The topological polar surface area (TPSA) is 29.1 Å². The molecule has 2 aliphatic rings. The predicted molar refractivity (Wildman–Crippen MR) is 49.2 cm³/mol. The Balaban J connectivity index is 2.17. The van der Waals surface area contributed by atoms with Crippen LogP contribution in [0.5, 0.6) is 0 Å². The van der Waals surface area contributed by atoms with Gasteiger partial charge in [0.15, 0.2) is 0 Å². The van der Waals surface area contributed by atoms with E-state index in [1.54, 1.807) is 0 Å². The molecule has 1 aromatic carbocycles. The minimum absolute atomic E-state index is 0.0337. The van der Waals surface area contributed by atoms with E-state index in [1.807, 2.05) is 6.07 Å². The summed E-state index contributed by atoms with van der Waals surface area (Å²) in [5.41, 5.74) is 2.59. The Kier molecular flexibility index (Phi) is 1.17. The largest absolute Gasteiger partial charge is 0.346 e. The van der Waals surface area contributed by atoms with Gasteiger partial charge in [0, 0.05) is 0 Å². The molecule has 1 amide bonds. The third-order valence-corrected chi connectivity index (χ3v) is 3.01. The van der Waals surface area contributed by atoms with Crippen molar-refractivity contribution in [1.29, 1.82) is 0 Å². The Morgan fingerprint density at radius 1 is 1.23 bits per heavy atom. The third-order valence-electron chi connectivity index (χ3n) is 3.01. The highest BCUT2D eigenvalue weighted by atomic mass is 16.1. The van der Waals surface area contributed by atoms with Crippen LogP contribution in [0.4, 0.5) is 0 Å². The smallest absolute Gasteiger partial charge is 0.225 e. The summed E-state index contributed by atoms with van der Waals surface area (Å²) < 4.78 is 0. The average molecular weight is 173 g/mol. The number of rotatable bonds is 0. The monoisotopic (exact) mass is 173 g/mol. The second-order valence-corrected chi connectivity index (χ2v) is 3.96. The van der Waals surface area contributed by atoms with E-state index in [2.05, 4.69) is 23.5 Å². The molecule has 1 fully saturated rings. The molecule has 2 nitrogen and oxygen atoms in total. The Morgan fingerprint density at radius 3 is 2.77 bits per heavy atom. The lowest BCUT2D eigenvalue weighted by Crippen LogP contribution is -2.40. The van der Waals surface area contributed by atoms with Crippen LogP contribution in [-0.2, 0) is 16.8 Å². The molecular weight excluding hydrogens is 162 g/mol. The number of amides is 1. The molecule has 0 aromatic heterocycles. The molecule has 66 valence electrons. The maximum absolute atomic E-state index is 11.4. The number of carbonyl (C=O) groups is 1. The second-order valence-electron chi connectivity index (χ2n) is 3.96. The Hall–Kier alpha value is -1.31. The molecule has 0 atom stereocenters. The van der Waals surface area contributed by atoms with E-state index in [0.29, 0.717) is 6.42 Å². The van der Waals surface area contributed by atoms with Crippen molar-refractivity contribution >= 4 is 5.91 Å². The van der Waals surface area contributed by atoms with Crippen molar-refractivity contribution in [3.8, 4) is 0 Å². The van der Waals surface area contributed by atoms with Gasteiger partial charge < -0.3 is 5.32 Å². The van der Waals surface area contributed by atoms with Crippen LogP contribution in [0.25, 0.3) is 0 Å². The minimum atomic E-state index is 0.0337. The van der Waals surface area contributed by atoms with Gasteiger partial charge in [-0.2, -0.15) is 0 Å². The second kappa shape index (κ2) is 2.13. The fourth-order valence-electron chi connectivity index (χ4n) is 2.21. The van der Waals surface area contributed by atoms with Gasteiger partial charge in [0.2, 0.25) is 5.91 Å². The summed E-state index contributed by atoms with van der Waals surface area (Å²) in [6.45, 7) is 0. The first-order chi connectivity index (χ1) is 6.30. The molecule has 0 unspecified atom stereocenters. The standard InChI is InChI=1S/C11H11NO/c13-10-7-8-3-1-2-4-9(8)11(12-10)5-6-11/h1-4H,5-7H2,(H,12,13). The quantitative estimate of drug-likeness (QED) is 0.630. The van der Waals surface area contributed by atoms with Crippen LogP contribution in [0.15, 0.2) is 24.3 Å². The molecule has 2 heteroatoms. The fraction of sp³-hybridized carbons (Fsp3) is 0.364. The number of nitrogens with one attached hydrogen (secondary N) is 1. The molecule has 13 heavy (non-hydrogen) atoms. The summed E-state index contributed by atoms with van der Waals surface area (Å²) in [7, 11) is 0. The summed E-state index contributed by atoms with van der Waals surface area (Å²) in [6, 6.07) is 8.26. The first-order valence-corrected chi connectivity index (χ1v) is 4.70. The highest BCUT2D eigenvalue weighted by molar-refractivity contribution is 5.83. The van der Waals surface area contributed by atoms with E-state index in [-0.39, 0.29) is 11.4 Å². The van der Waals surface area contributed by atoms with Crippen LogP contribution in [-0.4, -0.2) is 5.91 Å². The number of benzene rings is 1. The Labute approximate surface area is 77.0 Å². The Morgan fingerprint density at radius 2 is 2.00 bits per heavy atom. The van der Waals surface area contributed by atoms with Crippen molar-refractivity contribution in [1.82, 2.24) is 5.32 Å². The van der Waals surface area contributed by atoms with Gasteiger partial charge in [-0.25, -0.2) is 0 Å². The zero-order valence-corrected chi connectivity index (χ0v) is 7.34. The van der Waals surface area contributed by atoms with Crippen molar-refractivity contribution in [2.75, 3.05) is 0 Å². The maximum Gasteiger partial charge on any atom is 0.225 e. The van der Waals surface area contributed by atoms with Crippen LogP contribution in [0.2, 0.25) is 0 Å². The van der Waals surface area contributed by atoms with Crippen LogP contribution >= 0.6 is 0 Å². The van der Waals surface area contributed by atoms with E-state index in [4.69, 9.17) is 0 Å². The molecule has 1 heterocycles. The lowest BCUT2D eigenvalue weighted by Gasteiger charge is -2.26. The lowest BCUT2D eigenvalue weighted by atomic mass is 9.92. The van der Waals surface area contributed by atoms with Gasteiger partial charge in [-0.15, -0.1) is 0 Å². The molecule has 1 aliphatic heterocycles. The van der Waals surface area contributed by atoms with Gasteiger partial charge in [0.25, 0.3) is 0 Å². The molecule has 0 saturated heterocycles. The number of carbonyl (C=O) groups excluding carboxylic acids is 1. The van der Waals surface area contributed by atoms with Gasteiger partial charge in [-0.1, -0.05) is 24.3 Å². The van der Waals surface area contributed by atoms with Gasteiger partial charge in [0.05, 0.1) is 12.0 Å². The molecule has 1 saturated carbocycles. The highest BCUT2D eigenvalue weighted by Gasteiger charge is 2.48. The average Bonchev–Trinajstić information content (AvgIpc) is 2.85. The third kappa shape index (κ3) is 0.916. The number of hydrogen-bond acceptors (Lipinski definition) is 1. The summed E-state index contributed by atoms with van der Waals surface area (Å²) in [5.74, 6) is 0.177. The highest BCUT2D eigenvalue weighted by Crippen LogP contribution is 2.48. The predicted octanol–water partition coefficient (Wildman–Crippen LogP) is 1.35. The number of hydrogen-bond donors (Lipinski definition) is 1. The van der Waals surface area contributed by atoms with E-state index < -0.39 is 0 Å². The fourth-order valence-corrected chi connectivity index (χ4v) is 2.21. The van der Waals surface area contributed by atoms with Crippen molar-refractivity contribution in [2.45, 2.75) is 24.8 Å². The zero-order valence-electron chi connectivity index (χ0n) is 7.34. The van der Waals surface area contributed by atoms with E-state index in [1.165, 1.54) is 11.1 Å². The molecular formula is C11H11NO. The van der Waals surface area contributed by atoms with E-state index in [0.717, 1.165) is 12.8 Å². The minimum Gasteiger partial charge on any atom is -0.346 e. The molecule has 1 N–H and O–H groups in total. The van der Waals surface area contributed by atoms with Crippen LogP contribution in [0, 0.1) is 0 Å².